The Labute approximate surface area is 183 Å². The van der Waals surface area contributed by atoms with Gasteiger partial charge in [0.15, 0.2) is 0 Å². The Morgan fingerprint density at radius 3 is 2.39 bits per heavy atom. The van der Waals surface area contributed by atoms with Crippen LogP contribution in [0.25, 0.3) is 0 Å². The van der Waals surface area contributed by atoms with Crippen LogP contribution in [-0.4, -0.2) is 73.2 Å². The third-order valence-electron chi connectivity index (χ3n) is 6.69. The number of hydrogen-bond acceptors (Lipinski definition) is 4. The Morgan fingerprint density at radius 1 is 1.03 bits per heavy atom. The number of nitrogens with one attached hydrogen (secondary N) is 2. The first-order valence-corrected chi connectivity index (χ1v) is 11.6. The van der Waals surface area contributed by atoms with Gasteiger partial charge in [-0.15, -0.1) is 0 Å². The van der Waals surface area contributed by atoms with Gasteiger partial charge in [-0.05, 0) is 50.2 Å². The minimum absolute atomic E-state index is 0.104. The fraction of sp³-hybridized carbons (Fsp3) is 0.696. The van der Waals surface area contributed by atoms with Crippen molar-refractivity contribution >= 4 is 11.7 Å². The predicted molar refractivity (Wildman–Crippen MR) is 117 cm³/mol. The third-order valence-corrected chi connectivity index (χ3v) is 6.69. The molecule has 0 spiro atoms. The lowest BCUT2D eigenvalue weighted by Gasteiger charge is -2.44. The highest BCUT2D eigenvalue weighted by Crippen LogP contribution is 2.32. The van der Waals surface area contributed by atoms with Gasteiger partial charge in [0.1, 0.15) is 11.9 Å². The number of halogens is 2. The first-order chi connectivity index (χ1) is 15.0. The maximum absolute atomic E-state index is 13.2. The molecule has 1 aliphatic carbocycles. The quantitative estimate of drug-likeness (QED) is 0.680. The second-order valence-electron chi connectivity index (χ2n) is 9.06. The number of carbonyl (C=O) groups excluding carboxylic acids is 1. The summed E-state index contributed by atoms with van der Waals surface area (Å²) in [7, 11) is 0. The molecule has 4 rings (SSSR count). The summed E-state index contributed by atoms with van der Waals surface area (Å²) in [6.07, 6.45) is 6.27. The largest absolute Gasteiger partial charge is 0.490 e. The van der Waals surface area contributed by atoms with Crippen LogP contribution in [0, 0.1) is 0 Å². The molecule has 0 atom stereocenters. The molecule has 3 fully saturated rings. The Hall–Kier alpha value is -1.93. The van der Waals surface area contributed by atoms with Crippen molar-refractivity contribution in [2.75, 3.05) is 44.6 Å². The standard InChI is InChI=1S/C23H34F2N4O2/c24-23(25)8-13-28(14-9-23)15-10-26-22(30)27-18-4-6-20(7-5-18)31-21-16-19(17-21)29-11-2-1-3-12-29/h4-7,19,21H,1-3,8-17H2,(H2,26,27,30). The van der Waals surface area contributed by atoms with Crippen LogP contribution in [0.2, 0.25) is 0 Å². The van der Waals surface area contributed by atoms with Gasteiger partial charge >= 0.3 is 6.03 Å². The lowest BCUT2D eigenvalue weighted by molar-refractivity contribution is -0.0546. The summed E-state index contributed by atoms with van der Waals surface area (Å²) >= 11 is 0. The molecular weight excluding hydrogens is 402 g/mol. The van der Waals surface area contributed by atoms with Gasteiger partial charge in [-0.1, -0.05) is 6.42 Å². The van der Waals surface area contributed by atoms with Gasteiger partial charge < -0.3 is 25.2 Å². The van der Waals surface area contributed by atoms with E-state index in [2.05, 4.69) is 15.5 Å². The van der Waals surface area contributed by atoms with Crippen LogP contribution in [-0.2, 0) is 0 Å². The van der Waals surface area contributed by atoms with Crippen LogP contribution >= 0.6 is 0 Å². The minimum Gasteiger partial charge on any atom is -0.490 e. The number of carbonyl (C=O) groups is 1. The number of urea groups is 1. The molecule has 1 aromatic rings. The van der Waals surface area contributed by atoms with E-state index in [0.717, 1.165) is 18.6 Å². The van der Waals surface area contributed by atoms with Crippen LogP contribution in [0.5, 0.6) is 5.75 Å². The van der Waals surface area contributed by atoms with Crippen molar-refractivity contribution in [2.45, 2.75) is 63.0 Å². The SMILES string of the molecule is O=C(NCCN1CCC(F)(F)CC1)Nc1ccc(OC2CC(N3CCCCC3)C2)cc1. The highest BCUT2D eigenvalue weighted by molar-refractivity contribution is 5.89. The van der Waals surface area contributed by atoms with Crippen molar-refractivity contribution in [1.29, 1.82) is 0 Å². The number of amides is 2. The topological polar surface area (TPSA) is 56.8 Å². The van der Waals surface area contributed by atoms with Crippen molar-refractivity contribution in [3.63, 3.8) is 0 Å². The summed E-state index contributed by atoms with van der Waals surface area (Å²) in [6.45, 7) is 4.21. The Balaban J connectivity index is 1.11. The van der Waals surface area contributed by atoms with Gasteiger partial charge in [-0.2, -0.15) is 0 Å². The van der Waals surface area contributed by atoms with Gasteiger partial charge in [0.2, 0.25) is 0 Å². The number of likely N-dealkylation sites (tertiary alicyclic amines) is 2. The number of anilines is 1. The molecule has 6 nitrogen and oxygen atoms in total. The molecule has 172 valence electrons. The zero-order chi connectivity index (χ0) is 21.7. The fourth-order valence-corrected chi connectivity index (χ4v) is 4.63. The zero-order valence-electron chi connectivity index (χ0n) is 18.1. The van der Waals surface area contributed by atoms with E-state index in [9.17, 15) is 13.6 Å². The monoisotopic (exact) mass is 436 g/mol. The van der Waals surface area contributed by atoms with E-state index < -0.39 is 5.92 Å². The lowest BCUT2D eigenvalue weighted by atomic mass is 9.86. The van der Waals surface area contributed by atoms with Crippen molar-refractivity contribution in [2.24, 2.45) is 0 Å². The second-order valence-corrected chi connectivity index (χ2v) is 9.06. The van der Waals surface area contributed by atoms with E-state index in [1.54, 1.807) is 0 Å². The molecule has 8 heteroatoms. The molecule has 31 heavy (non-hydrogen) atoms. The number of piperidine rings is 2. The number of alkyl halides is 2. The van der Waals surface area contributed by atoms with Crippen LogP contribution in [0.1, 0.15) is 44.9 Å². The molecule has 2 aliphatic heterocycles. The van der Waals surface area contributed by atoms with E-state index >= 15 is 0 Å². The maximum atomic E-state index is 13.2. The van der Waals surface area contributed by atoms with E-state index in [-0.39, 0.29) is 25.0 Å². The van der Waals surface area contributed by atoms with E-state index in [4.69, 9.17) is 4.74 Å². The summed E-state index contributed by atoms with van der Waals surface area (Å²) < 4.78 is 32.4. The molecule has 0 radical (unpaired) electrons. The van der Waals surface area contributed by atoms with E-state index in [1.807, 2.05) is 29.2 Å². The van der Waals surface area contributed by atoms with Gasteiger partial charge in [-0.25, -0.2) is 13.6 Å². The molecule has 1 aromatic carbocycles. The number of ether oxygens (including phenoxy) is 1. The minimum atomic E-state index is -2.54. The number of hydrogen-bond donors (Lipinski definition) is 2. The number of benzene rings is 1. The molecule has 1 saturated carbocycles. The van der Waals surface area contributed by atoms with Crippen LogP contribution < -0.4 is 15.4 Å². The molecule has 2 amide bonds. The van der Waals surface area contributed by atoms with Gasteiger partial charge in [-0.3, -0.25) is 0 Å². The van der Waals surface area contributed by atoms with Crippen molar-refractivity contribution in [1.82, 2.24) is 15.1 Å². The van der Waals surface area contributed by atoms with Gasteiger partial charge in [0, 0.05) is 63.6 Å². The highest BCUT2D eigenvalue weighted by atomic mass is 19.3. The number of rotatable bonds is 7. The van der Waals surface area contributed by atoms with Gasteiger partial charge in [0.25, 0.3) is 5.92 Å². The molecule has 3 aliphatic rings. The summed E-state index contributed by atoms with van der Waals surface area (Å²) in [5, 5.41) is 5.59. The molecule has 2 N–H and O–H groups in total. The second kappa shape index (κ2) is 10.1. The normalized spacial score (nSPS) is 26.6. The van der Waals surface area contributed by atoms with E-state index in [1.165, 1.54) is 32.4 Å². The average molecular weight is 437 g/mol. The van der Waals surface area contributed by atoms with Crippen molar-refractivity contribution in [3.05, 3.63) is 24.3 Å². The first kappa shape index (κ1) is 22.3. The first-order valence-electron chi connectivity index (χ1n) is 11.6. The zero-order valence-corrected chi connectivity index (χ0v) is 18.1. The average Bonchev–Trinajstić information content (AvgIpc) is 2.73. The molecule has 0 bridgehead atoms. The highest BCUT2D eigenvalue weighted by Gasteiger charge is 2.35. The smallest absolute Gasteiger partial charge is 0.319 e. The Kier molecular flexibility index (Phi) is 7.27. The third kappa shape index (κ3) is 6.53. The summed E-state index contributed by atoms with van der Waals surface area (Å²) in [4.78, 5) is 16.6. The van der Waals surface area contributed by atoms with E-state index in [0.29, 0.717) is 37.9 Å². The van der Waals surface area contributed by atoms with Crippen LogP contribution in [0.3, 0.4) is 0 Å². The molecule has 2 heterocycles. The molecule has 2 saturated heterocycles. The predicted octanol–water partition coefficient (Wildman–Crippen LogP) is 3.93. The molecular formula is C23H34F2N4O2. The maximum Gasteiger partial charge on any atom is 0.319 e. The summed E-state index contributed by atoms with van der Waals surface area (Å²) in [5.74, 6) is -1.71. The van der Waals surface area contributed by atoms with Crippen LogP contribution in [0.15, 0.2) is 24.3 Å². The fourth-order valence-electron chi connectivity index (χ4n) is 4.63. The van der Waals surface area contributed by atoms with Crippen molar-refractivity contribution < 1.29 is 18.3 Å². The van der Waals surface area contributed by atoms with Crippen molar-refractivity contribution in [3.8, 4) is 5.75 Å². The molecule has 0 unspecified atom stereocenters. The lowest BCUT2D eigenvalue weighted by Crippen LogP contribution is -2.50. The Morgan fingerprint density at radius 2 is 1.71 bits per heavy atom. The van der Waals surface area contributed by atoms with Gasteiger partial charge in [0.05, 0.1) is 0 Å². The summed E-state index contributed by atoms with van der Waals surface area (Å²) in [5.41, 5.74) is 0.697. The number of nitrogens with zero attached hydrogens (tertiary/aromatic N) is 2. The molecule has 0 aromatic heterocycles. The summed E-state index contributed by atoms with van der Waals surface area (Å²) in [6, 6.07) is 7.83. The Bertz CT molecular complexity index is 709. The van der Waals surface area contributed by atoms with Crippen LogP contribution in [0.4, 0.5) is 19.3 Å².